The van der Waals surface area contributed by atoms with Gasteiger partial charge in [0.15, 0.2) is 0 Å². The van der Waals surface area contributed by atoms with Crippen molar-refractivity contribution in [1.82, 2.24) is 10.2 Å². The predicted octanol–water partition coefficient (Wildman–Crippen LogP) is 2.50. The smallest absolute Gasteiger partial charge is 0.0443 e. The predicted molar refractivity (Wildman–Crippen MR) is 80.0 cm³/mol. The van der Waals surface area contributed by atoms with Crippen LogP contribution in [0.4, 0.5) is 0 Å². The maximum atomic E-state index is 8.99. The van der Waals surface area contributed by atoms with Gasteiger partial charge in [-0.15, -0.1) is 0 Å². The van der Waals surface area contributed by atoms with E-state index in [1.807, 2.05) is 0 Å². The molecule has 0 bridgehead atoms. The van der Waals surface area contributed by atoms with Crippen LogP contribution >= 0.6 is 0 Å². The first-order valence-corrected chi connectivity index (χ1v) is 7.54. The van der Waals surface area contributed by atoms with Gasteiger partial charge in [0.25, 0.3) is 0 Å². The molecule has 0 saturated heterocycles. The molecule has 0 aliphatic heterocycles. The van der Waals surface area contributed by atoms with E-state index in [9.17, 15) is 0 Å². The molecule has 0 spiro atoms. The molecule has 0 saturated carbocycles. The Morgan fingerprint density at radius 1 is 1.28 bits per heavy atom. The summed E-state index contributed by atoms with van der Waals surface area (Å²) < 4.78 is 0. The molecule has 1 atom stereocenters. The minimum Gasteiger partial charge on any atom is -0.396 e. The van der Waals surface area contributed by atoms with Crippen molar-refractivity contribution in [3.05, 3.63) is 0 Å². The van der Waals surface area contributed by atoms with Gasteiger partial charge in [0.2, 0.25) is 0 Å². The monoisotopic (exact) mass is 258 g/mol. The van der Waals surface area contributed by atoms with Crippen molar-refractivity contribution in [2.75, 3.05) is 32.8 Å². The zero-order valence-corrected chi connectivity index (χ0v) is 13.1. The Hall–Kier alpha value is -0.120. The van der Waals surface area contributed by atoms with Gasteiger partial charge in [-0.3, -0.25) is 0 Å². The van der Waals surface area contributed by atoms with E-state index in [0.717, 1.165) is 32.6 Å². The lowest BCUT2D eigenvalue weighted by atomic mass is 9.86. The summed E-state index contributed by atoms with van der Waals surface area (Å²) in [6.45, 7) is 15.9. The molecule has 0 heterocycles. The van der Waals surface area contributed by atoms with Gasteiger partial charge in [0, 0.05) is 32.3 Å². The van der Waals surface area contributed by atoms with Crippen molar-refractivity contribution in [1.29, 1.82) is 0 Å². The van der Waals surface area contributed by atoms with E-state index < -0.39 is 0 Å². The maximum Gasteiger partial charge on any atom is 0.0443 e. The summed E-state index contributed by atoms with van der Waals surface area (Å²) in [5.74, 6) is 0. The molecule has 18 heavy (non-hydrogen) atoms. The molecule has 1 unspecified atom stereocenters. The maximum absolute atomic E-state index is 8.99. The molecular weight excluding hydrogens is 224 g/mol. The van der Waals surface area contributed by atoms with E-state index in [0.29, 0.717) is 18.1 Å². The van der Waals surface area contributed by atoms with Gasteiger partial charge in [0.1, 0.15) is 0 Å². The largest absolute Gasteiger partial charge is 0.396 e. The van der Waals surface area contributed by atoms with Crippen LogP contribution in [0, 0.1) is 5.41 Å². The van der Waals surface area contributed by atoms with Crippen molar-refractivity contribution in [3.8, 4) is 0 Å². The van der Waals surface area contributed by atoms with Gasteiger partial charge in [-0.05, 0) is 45.1 Å². The molecule has 2 N–H and O–H groups in total. The van der Waals surface area contributed by atoms with Crippen LogP contribution in [0.2, 0.25) is 0 Å². The molecule has 0 aromatic rings. The molecule has 0 rings (SSSR count). The molecule has 0 fully saturated rings. The molecule has 0 aromatic carbocycles. The van der Waals surface area contributed by atoms with Crippen LogP contribution < -0.4 is 5.32 Å². The SMILES string of the molecule is CCCNCC(C)(CC)CN(CCCO)C(C)C. The second-order valence-electron chi connectivity index (χ2n) is 5.98. The summed E-state index contributed by atoms with van der Waals surface area (Å²) >= 11 is 0. The Balaban J connectivity index is 4.33. The van der Waals surface area contributed by atoms with Crippen molar-refractivity contribution >= 4 is 0 Å². The molecule has 3 heteroatoms. The fourth-order valence-electron chi connectivity index (χ4n) is 2.14. The van der Waals surface area contributed by atoms with Gasteiger partial charge >= 0.3 is 0 Å². The fourth-order valence-corrected chi connectivity index (χ4v) is 2.14. The molecule has 0 amide bonds. The van der Waals surface area contributed by atoms with E-state index in [1.54, 1.807) is 0 Å². The van der Waals surface area contributed by atoms with Crippen molar-refractivity contribution in [2.24, 2.45) is 5.41 Å². The molecule has 0 aliphatic carbocycles. The third kappa shape index (κ3) is 7.34. The van der Waals surface area contributed by atoms with E-state index >= 15 is 0 Å². The minimum atomic E-state index is 0.292. The molecule has 0 aromatic heterocycles. The van der Waals surface area contributed by atoms with Gasteiger partial charge < -0.3 is 15.3 Å². The third-order valence-electron chi connectivity index (χ3n) is 3.75. The second-order valence-corrected chi connectivity index (χ2v) is 5.98. The Kier molecular flexibility index (Phi) is 9.70. The molecule has 3 nitrogen and oxygen atoms in total. The highest BCUT2D eigenvalue weighted by Crippen LogP contribution is 2.23. The number of nitrogens with zero attached hydrogens (tertiary/aromatic N) is 1. The fraction of sp³-hybridized carbons (Fsp3) is 1.00. The van der Waals surface area contributed by atoms with Crippen LogP contribution in [0.5, 0.6) is 0 Å². The van der Waals surface area contributed by atoms with E-state index in [1.165, 1.54) is 12.8 Å². The van der Waals surface area contributed by atoms with Crippen molar-refractivity contribution < 1.29 is 5.11 Å². The summed E-state index contributed by atoms with van der Waals surface area (Å²) in [6.07, 6.45) is 3.25. The minimum absolute atomic E-state index is 0.292. The highest BCUT2D eigenvalue weighted by molar-refractivity contribution is 4.81. The van der Waals surface area contributed by atoms with Gasteiger partial charge in [-0.1, -0.05) is 20.8 Å². The number of hydrogen-bond acceptors (Lipinski definition) is 3. The zero-order chi connectivity index (χ0) is 14.0. The Labute approximate surface area is 114 Å². The Morgan fingerprint density at radius 3 is 2.39 bits per heavy atom. The first-order valence-electron chi connectivity index (χ1n) is 7.54. The lowest BCUT2D eigenvalue weighted by molar-refractivity contribution is 0.117. The molecule has 110 valence electrons. The van der Waals surface area contributed by atoms with Crippen LogP contribution in [-0.4, -0.2) is 48.8 Å². The number of aliphatic hydroxyl groups is 1. The second kappa shape index (κ2) is 9.76. The number of aliphatic hydroxyl groups excluding tert-OH is 1. The van der Waals surface area contributed by atoms with Crippen LogP contribution in [0.3, 0.4) is 0 Å². The van der Waals surface area contributed by atoms with Crippen LogP contribution in [0.1, 0.15) is 53.9 Å². The quantitative estimate of drug-likeness (QED) is 0.559. The first-order chi connectivity index (χ1) is 8.49. The Morgan fingerprint density at radius 2 is 1.94 bits per heavy atom. The normalized spacial score (nSPS) is 15.3. The van der Waals surface area contributed by atoms with Crippen molar-refractivity contribution in [2.45, 2.75) is 59.9 Å². The first kappa shape index (κ1) is 17.9. The zero-order valence-electron chi connectivity index (χ0n) is 13.1. The van der Waals surface area contributed by atoms with Gasteiger partial charge in [-0.25, -0.2) is 0 Å². The van der Waals surface area contributed by atoms with E-state index in [-0.39, 0.29) is 0 Å². The lowest BCUT2D eigenvalue weighted by Gasteiger charge is -2.37. The van der Waals surface area contributed by atoms with E-state index in [2.05, 4.69) is 44.8 Å². The average Bonchev–Trinajstić information content (AvgIpc) is 2.34. The van der Waals surface area contributed by atoms with Crippen molar-refractivity contribution in [3.63, 3.8) is 0 Å². The van der Waals surface area contributed by atoms with E-state index in [4.69, 9.17) is 5.11 Å². The van der Waals surface area contributed by atoms with Crippen LogP contribution in [-0.2, 0) is 0 Å². The highest BCUT2D eigenvalue weighted by atomic mass is 16.3. The number of hydrogen-bond donors (Lipinski definition) is 2. The Bertz CT molecular complexity index is 197. The molecular formula is C15H34N2O. The average molecular weight is 258 g/mol. The standard InChI is InChI=1S/C15H34N2O/c1-6-9-16-12-15(5,7-2)13-17(14(3)4)10-8-11-18/h14,16,18H,6-13H2,1-5H3. The summed E-state index contributed by atoms with van der Waals surface area (Å²) in [5.41, 5.74) is 0.328. The number of rotatable bonds is 11. The number of nitrogens with one attached hydrogen (secondary N) is 1. The summed E-state index contributed by atoms with van der Waals surface area (Å²) in [5, 5.41) is 12.5. The van der Waals surface area contributed by atoms with Gasteiger partial charge in [0.05, 0.1) is 0 Å². The molecule has 0 radical (unpaired) electrons. The summed E-state index contributed by atoms with van der Waals surface area (Å²) in [4.78, 5) is 2.49. The van der Waals surface area contributed by atoms with Crippen LogP contribution in [0.25, 0.3) is 0 Å². The van der Waals surface area contributed by atoms with Gasteiger partial charge in [-0.2, -0.15) is 0 Å². The lowest BCUT2D eigenvalue weighted by Crippen LogP contribution is -2.45. The third-order valence-corrected chi connectivity index (χ3v) is 3.75. The highest BCUT2D eigenvalue weighted by Gasteiger charge is 2.25. The molecule has 0 aliphatic rings. The van der Waals surface area contributed by atoms with Crippen LogP contribution in [0.15, 0.2) is 0 Å². The topological polar surface area (TPSA) is 35.5 Å². The summed E-state index contributed by atoms with van der Waals surface area (Å²) in [6, 6.07) is 0.550. The summed E-state index contributed by atoms with van der Waals surface area (Å²) in [7, 11) is 0.